The number of anilines is 1. The van der Waals surface area contributed by atoms with Crippen LogP contribution in [0.3, 0.4) is 0 Å². The third-order valence-corrected chi connectivity index (χ3v) is 4.71. The van der Waals surface area contributed by atoms with Crippen molar-refractivity contribution in [3.63, 3.8) is 0 Å². The van der Waals surface area contributed by atoms with E-state index in [1.807, 2.05) is 11.8 Å². The number of carbonyl (C=O) groups is 2. The lowest BCUT2D eigenvalue weighted by Gasteiger charge is -2.35. The predicted octanol–water partition coefficient (Wildman–Crippen LogP) is 1.54. The molecule has 0 aromatic heterocycles. The van der Waals surface area contributed by atoms with E-state index in [1.54, 1.807) is 17.9 Å². The number of nitrogens with one attached hydrogen (secondary N) is 1. The van der Waals surface area contributed by atoms with Gasteiger partial charge in [-0.25, -0.2) is 4.39 Å². The van der Waals surface area contributed by atoms with Crippen molar-refractivity contribution in [1.29, 1.82) is 0 Å². The number of fused-ring (bicyclic) bond motifs is 1. The molecule has 7 heteroatoms. The van der Waals surface area contributed by atoms with Gasteiger partial charge in [-0.2, -0.15) is 0 Å². The van der Waals surface area contributed by atoms with Crippen LogP contribution < -0.4 is 15.0 Å². The van der Waals surface area contributed by atoms with E-state index < -0.39 is 0 Å². The van der Waals surface area contributed by atoms with Crippen LogP contribution in [-0.4, -0.2) is 55.0 Å². The Hall–Kier alpha value is -2.31. The normalized spacial score (nSPS) is 20.7. The van der Waals surface area contributed by atoms with Crippen LogP contribution in [0.4, 0.5) is 10.1 Å². The maximum Gasteiger partial charge on any atom is 0.239 e. The van der Waals surface area contributed by atoms with E-state index in [1.165, 1.54) is 12.1 Å². The number of piperidine rings is 1. The van der Waals surface area contributed by atoms with E-state index in [0.29, 0.717) is 25.4 Å². The zero-order valence-corrected chi connectivity index (χ0v) is 14.6. The highest BCUT2D eigenvalue weighted by Crippen LogP contribution is 2.33. The summed E-state index contributed by atoms with van der Waals surface area (Å²) in [5, 5.41) is 3.05. The Labute approximate surface area is 146 Å². The zero-order valence-electron chi connectivity index (χ0n) is 14.6. The van der Waals surface area contributed by atoms with Crippen LogP contribution >= 0.6 is 0 Å². The first-order valence-electron chi connectivity index (χ1n) is 8.68. The Kier molecular flexibility index (Phi) is 5.11. The number of hydrogen-bond acceptors (Lipinski definition) is 4. The molecule has 0 unspecified atom stereocenters. The first kappa shape index (κ1) is 17.5. The van der Waals surface area contributed by atoms with Crippen molar-refractivity contribution >= 4 is 17.5 Å². The minimum atomic E-state index is -0.352. The maximum atomic E-state index is 13.4. The number of nitrogens with zero attached hydrogens (tertiary/aromatic N) is 2. The third kappa shape index (κ3) is 4.21. The molecule has 1 saturated heterocycles. The Bertz CT molecular complexity index is 659. The first-order chi connectivity index (χ1) is 11.9. The van der Waals surface area contributed by atoms with Gasteiger partial charge in [0.1, 0.15) is 17.7 Å². The van der Waals surface area contributed by atoms with Crippen LogP contribution in [-0.2, 0) is 9.59 Å². The molecule has 1 fully saturated rings. The number of amides is 2. The van der Waals surface area contributed by atoms with E-state index in [9.17, 15) is 14.0 Å². The lowest BCUT2D eigenvalue weighted by atomic mass is 10.0. The van der Waals surface area contributed by atoms with Crippen molar-refractivity contribution in [2.24, 2.45) is 0 Å². The number of hydrogen-bond donors (Lipinski definition) is 1. The SMILES string of the molecule is CC(=O)N1CCC(NC(=O)CN2C[C@@H](C)Oc3cc(F)ccc32)CC1. The molecule has 1 aromatic carbocycles. The fourth-order valence-corrected chi connectivity index (χ4v) is 3.44. The molecule has 136 valence electrons. The molecule has 1 N–H and O–H groups in total. The topological polar surface area (TPSA) is 61.9 Å². The minimum absolute atomic E-state index is 0.0642. The lowest BCUT2D eigenvalue weighted by molar-refractivity contribution is -0.130. The van der Waals surface area contributed by atoms with Crippen molar-refractivity contribution in [3.05, 3.63) is 24.0 Å². The van der Waals surface area contributed by atoms with E-state index in [2.05, 4.69) is 5.32 Å². The second kappa shape index (κ2) is 7.29. The van der Waals surface area contributed by atoms with Crippen molar-refractivity contribution < 1.29 is 18.7 Å². The van der Waals surface area contributed by atoms with Gasteiger partial charge in [0, 0.05) is 32.1 Å². The average Bonchev–Trinajstić information content (AvgIpc) is 2.54. The molecule has 2 amide bonds. The highest BCUT2D eigenvalue weighted by Gasteiger charge is 2.27. The van der Waals surface area contributed by atoms with Crippen molar-refractivity contribution in [3.8, 4) is 5.75 Å². The van der Waals surface area contributed by atoms with E-state index >= 15 is 0 Å². The number of carbonyl (C=O) groups excluding carboxylic acids is 2. The van der Waals surface area contributed by atoms with Crippen LogP contribution in [0.2, 0.25) is 0 Å². The number of benzene rings is 1. The van der Waals surface area contributed by atoms with Gasteiger partial charge in [0.25, 0.3) is 0 Å². The van der Waals surface area contributed by atoms with Gasteiger partial charge in [0.2, 0.25) is 11.8 Å². The molecular weight excluding hydrogens is 325 g/mol. The molecule has 0 saturated carbocycles. The minimum Gasteiger partial charge on any atom is -0.487 e. The summed E-state index contributed by atoms with van der Waals surface area (Å²) in [4.78, 5) is 27.5. The molecule has 3 rings (SSSR count). The van der Waals surface area contributed by atoms with Gasteiger partial charge in [-0.1, -0.05) is 0 Å². The number of rotatable bonds is 3. The summed E-state index contributed by atoms with van der Waals surface area (Å²) in [5.74, 6) is 0.136. The van der Waals surface area contributed by atoms with Crippen molar-refractivity contribution in [2.45, 2.75) is 38.8 Å². The Morgan fingerprint density at radius 2 is 2.04 bits per heavy atom. The summed E-state index contributed by atoms with van der Waals surface area (Å²) >= 11 is 0. The van der Waals surface area contributed by atoms with E-state index in [4.69, 9.17) is 4.74 Å². The smallest absolute Gasteiger partial charge is 0.239 e. The average molecular weight is 349 g/mol. The lowest BCUT2D eigenvalue weighted by Crippen LogP contribution is -2.50. The highest BCUT2D eigenvalue weighted by atomic mass is 19.1. The maximum absolute atomic E-state index is 13.4. The van der Waals surface area contributed by atoms with Gasteiger partial charge in [0.05, 0.1) is 18.8 Å². The Morgan fingerprint density at radius 1 is 1.32 bits per heavy atom. The van der Waals surface area contributed by atoms with E-state index in [-0.39, 0.29) is 36.3 Å². The summed E-state index contributed by atoms with van der Waals surface area (Å²) in [5.41, 5.74) is 0.737. The monoisotopic (exact) mass is 349 g/mol. The van der Waals surface area contributed by atoms with Gasteiger partial charge >= 0.3 is 0 Å². The van der Waals surface area contributed by atoms with Crippen LogP contribution in [0.25, 0.3) is 0 Å². The molecular formula is C18H24FN3O3. The second-order valence-corrected chi connectivity index (χ2v) is 6.77. The third-order valence-electron chi connectivity index (χ3n) is 4.71. The molecule has 25 heavy (non-hydrogen) atoms. The van der Waals surface area contributed by atoms with Crippen LogP contribution in [0, 0.1) is 5.82 Å². The molecule has 2 heterocycles. The number of likely N-dealkylation sites (tertiary alicyclic amines) is 1. The summed E-state index contributed by atoms with van der Waals surface area (Å²) in [6.45, 7) is 5.61. The molecule has 0 radical (unpaired) electrons. The molecule has 0 bridgehead atoms. The molecule has 1 aromatic rings. The Morgan fingerprint density at radius 3 is 2.72 bits per heavy atom. The molecule has 6 nitrogen and oxygen atoms in total. The molecule has 2 aliphatic rings. The summed E-state index contributed by atoms with van der Waals surface area (Å²) < 4.78 is 19.1. The zero-order chi connectivity index (χ0) is 18.0. The second-order valence-electron chi connectivity index (χ2n) is 6.77. The predicted molar refractivity (Wildman–Crippen MR) is 92.1 cm³/mol. The summed E-state index contributed by atoms with van der Waals surface area (Å²) in [7, 11) is 0. The van der Waals surface area contributed by atoms with Gasteiger partial charge < -0.3 is 19.9 Å². The molecule has 0 spiro atoms. The molecule has 0 aliphatic carbocycles. The van der Waals surface area contributed by atoms with Crippen LogP contribution in [0.15, 0.2) is 18.2 Å². The van der Waals surface area contributed by atoms with E-state index in [0.717, 1.165) is 18.5 Å². The van der Waals surface area contributed by atoms with Gasteiger partial charge in [-0.05, 0) is 31.9 Å². The fraction of sp³-hybridized carbons (Fsp3) is 0.556. The standard InChI is InChI=1S/C18H24FN3O3/c1-12-10-22(16-4-3-14(19)9-17(16)25-12)11-18(24)20-15-5-7-21(8-6-15)13(2)23/h3-4,9,12,15H,5-8,10-11H2,1-2H3,(H,20,24)/t12-/m1/s1. The van der Waals surface area contributed by atoms with Crippen molar-refractivity contribution in [1.82, 2.24) is 10.2 Å². The summed E-state index contributed by atoms with van der Waals surface area (Å²) in [6, 6.07) is 4.47. The fourth-order valence-electron chi connectivity index (χ4n) is 3.44. The Balaban J connectivity index is 1.58. The number of halogens is 1. The first-order valence-corrected chi connectivity index (χ1v) is 8.68. The van der Waals surface area contributed by atoms with Gasteiger partial charge in [-0.3, -0.25) is 9.59 Å². The van der Waals surface area contributed by atoms with Crippen LogP contribution in [0.1, 0.15) is 26.7 Å². The molecule has 1 atom stereocenters. The van der Waals surface area contributed by atoms with Gasteiger partial charge in [-0.15, -0.1) is 0 Å². The summed E-state index contributed by atoms with van der Waals surface area (Å²) in [6.07, 6.45) is 1.43. The quantitative estimate of drug-likeness (QED) is 0.899. The molecule has 2 aliphatic heterocycles. The van der Waals surface area contributed by atoms with Crippen LogP contribution in [0.5, 0.6) is 5.75 Å². The number of ether oxygens (including phenoxy) is 1. The van der Waals surface area contributed by atoms with Crippen molar-refractivity contribution in [2.75, 3.05) is 31.1 Å². The largest absolute Gasteiger partial charge is 0.487 e. The highest BCUT2D eigenvalue weighted by molar-refractivity contribution is 5.82. The van der Waals surface area contributed by atoms with Gasteiger partial charge in [0.15, 0.2) is 0 Å².